The highest BCUT2D eigenvalue weighted by atomic mass is 32.1. The lowest BCUT2D eigenvalue weighted by molar-refractivity contribution is 0.376. The minimum absolute atomic E-state index is 0.509. The summed E-state index contributed by atoms with van der Waals surface area (Å²) in [7, 11) is 0. The molecule has 0 amide bonds. The van der Waals surface area contributed by atoms with Crippen LogP contribution in [0, 0.1) is 0 Å². The van der Waals surface area contributed by atoms with Crippen LogP contribution in [-0.2, 0) is 0 Å². The molecule has 1 aliphatic heterocycles. The molecule has 2 atom stereocenters. The molecule has 0 unspecified atom stereocenters. The van der Waals surface area contributed by atoms with Crippen LogP contribution in [0.4, 0.5) is 0 Å². The van der Waals surface area contributed by atoms with Crippen molar-refractivity contribution in [3.63, 3.8) is 0 Å². The summed E-state index contributed by atoms with van der Waals surface area (Å²) < 4.78 is 0. The van der Waals surface area contributed by atoms with Crippen molar-refractivity contribution in [2.75, 3.05) is 6.54 Å². The maximum Gasteiger partial charge on any atom is 0.0321 e. The summed E-state index contributed by atoms with van der Waals surface area (Å²) in [6.07, 6.45) is 6.25. The van der Waals surface area contributed by atoms with E-state index in [1.165, 1.54) is 23.3 Å². The molecule has 1 aliphatic rings. The zero-order chi connectivity index (χ0) is 11.5. The van der Waals surface area contributed by atoms with Gasteiger partial charge in [0.15, 0.2) is 0 Å². The molecular formula is C14H16N2S. The molecule has 0 spiro atoms. The molecule has 0 aromatic carbocycles. The number of pyridine rings is 1. The molecule has 1 saturated heterocycles. The van der Waals surface area contributed by atoms with Crippen molar-refractivity contribution in [1.29, 1.82) is 0 Å². The minimum Gasteiger partial charge on any atom is -0.309 e. The lowest BCUT2D eigenvalue weighted by Crippen LogP contribution is -2.31. The van der Waals surface area contributed by atoms with Crippen molar-refractivity contribution in [3.05, 3.63) is 52.5 Å². The Morgan fingerprint density at radius 3 is 2.71 bits per heavy atom. The van der Waals surface area contributed by atoms with Gasteiger partial charge in [-0.05, 0) is 42.0 Å². The van der Waals surface area contributed by atoms with E-state index in [4.69, 9.17) is 0 Å². The number of rotatable bonds is 2. The van der Waals surface area contributed by atoms with Gasteiger partial charge in [0.2, 0.25) is 0 Å². The van der Waals surface area contributed by atoms with Gasteiger partial charge in [-0.2, -0.15) is 0 Å². The van der Waals surface area contributed by atoms with E-state index in [0.29, 0.717) is 12.0 Å². The number of hydrogen-bond donors (Lipinski definition) is 1. The van der Waals surface area contributed by atoms with Crippen LogP contribution in [0.25, 0.3) is 0 Å². The first-order valence-corrected chi connectivity index (χ1v) is 6.98. The summed E-state index contributed by atoms with van der Waals surface area (Å²) in [5, 5.41) is 5.82. The zero-order valence-electron chi connectivity index (χ0n) is 9.67. The molecule has 3 heteroatoms. The van der Waals surface area contributed by atoms with Crippen LogP contribution in [0.3, 0.4) is 0 Å². The van der Waals surface area contributed by atoms with Gasteiger partial charge < -0.3 is 5.32 Å². The van der Waals surface area contributed by atoms with E-state index in [-0.39, 0.29) is 0 Å². The van der Waals surface area contributed by atoms with E-state index >= 15 is 0 Å². The Hall–Kier alpha value is -1.19. The predicted octanol–water partition coefficient (Wildman–Crippen LogP) is 3.35. The Labute approximate surface area is 106 Å². The van der Waals surface area contributed by atoms with Gasteiger partial charge in [0.05, 0.1) is 0 Å². The van der Waals surface area contributed by atoms with Gasteiger partial charge in [0.1, 0.15) is 0 Å². The van der Waals surface area contributed by atoms with Crippen molar-refractivity contribution in [3.8, 4) is 0 Å². The fraction of sp³-hybridized carbons (Fsp3) is 0.357. The third-order valence-electron chi connectivity index (χ3n) is 3.47. The number of nitrogens with zero attached hydrogens (tertiary/aromatic N) is 1. The fourth-order valence-corrected chi connectivity index (χ4v) is 3.37. The first-order chi connectivity index (χ1) is 8.43. The van der Waals surface area contributed by atoms with Crippen LogP contribution in [0.5, 0.6) is 0 Å². The maximum atomic E-state index is 4.07. The molecule has 1 fully saturated rings. The molecule has 0 bridgehead atoms. The Bertz CT molecular complexity index is 444. The van der Waals surface area contributed by atoms with Crippen LogP contribution < -0.4 is 5.32 Å². The highest BCUT2D eigenvalue weighted by Crippen LogP contribution is 2.32. The zero-order valence-corrected chi connectivity index (χ0v) is 10.5. The van der Waals surface area contributed by atoms with Crippen LogP contribution >= 0.6 is 11.3 Å². The van der Waals surface area contributed by atoms with Crippen molar-refractivity contribution in [1.82, 2.24) is 10.3 Å². The minimum atomic E-state index is 0.509. The summed E-state index contributed by atoms with van der Waals surface area (Å²) >= 11 is 1.88. The highest BCUT2D eigenvalue weighted by molar-refractivity contribution is 7.10. The summed E-state index contributed by atoms with van der Waals surface area (Å²) in [5.41, 5.74) is 1.37. The topological polar surface area (TPSA) is 24.9 Å². The Kier molecular flexibility index (Phi) is 3.20. The third kappa shape index (κ3) is 2.40. The van der Waals surface area contributed by atoms with Gasteiger partial charge >= 0.3 is 0 Å². The van der Waals surface area contributed by atoms with E-state index in [1.54, 1.807) is 0 Å². The Morgan fingerprint density at radius 2 is 2.06 bits per heavy atom. The van der Waals surface area contributed by atoms with E-state index in [1.807, 2.05) is 23.7 Å². The predicted molar refractivity (Wildman–Crippen MR) is 71.3 cm³/mol. The van der Waals surface area contributed by atoms with Gasteiger partial charge in [-0.3, -0.25) is 4.98 Å². The molecule has 88 valence electrons. The second-order valence-electron chi connectivity index (χ2n) is 4.53. The van der Waals surface area contributed by atoms with E-state index in [0.717, 1.165) is 6.54 Å². The van der Waals surface area contributed by atoms with Gasteiger partial charge in [0, 0.05) is 35.8 Å². The highest BCUT2D eigenvalue weighted by Gasteiger charge is 2.23. The Morgan fingerprint density at radius 1 is 1.18 bits per heavy atom. The summed E-state index contributed by atoms with van der Waals surface area (Å²) in [6.45, 7) is 1.09. The van der Waals surface area contributed by atoms with Crippen LogP contribution in [0.2, 0.25) is 0 Å². The number of aromatic nitrogens is 1. The van der Waals surface area contributed by atoms with Gasteiger partial charge in [-0.15, -0.1) is 11.3 Å². The SMILES string of the molecule is c1csc([C@H]2CC[C@H](c3ccncc3)NC2)c1. The van der Waals surface area contributed by atoms with Gasteiger partial charge in [-0.1, -0.05) is 6.07 Å². The molecule has 2 nitrogen and oxygen atoms in total. The molecule has 1 N–H and O–H groups in total. The first kappa shape index (κ1) is 10.9. The average molecular weight is 244 g/mol. The second-order valence-corrected chi connectivity index (χ2v) is 5.51. The summed E-state index contributed by atoms with van der Waals surface area (Å²) in [4.78, 5) is 5.59. The van der Waals surface area contributed by atoms with E-state index in [2.05, 4.69) is 39.9 Å². The van der Waals surface area contributed by atoms with Crippen molar-refractivity contribution in [2.45, 2.75) is 24.8 Å². The van der Waals surface area contributed by atoms with E-state index < -0.39 is 0 Å². The molecule has 2 aromatic heterocycles. The summed E-state index contributed by atoms with van der Waals surface area (Å²) in [5.74, 6) is 0.702. The molecule has 3 heterocycles. The molecule has 17 heavy (non-hydrogen) atoms. The third-order valence-corrected chi connectivity index (χ3v) is 4.50. The quantitative estimate of drug-likeness (QED) is 0.876. The lowest BCUT2D eigenvalue weighted by Gasteiger charge is -2.29. The van der Waals surface area contributed by atoms with Crippen LogP contribution in [0.15, 0.2) is 42.0 Å². The summed E-state index contributed by atoms with van der Waals surface area (Å²) in [6, 6.07) is 9.14. The normalized spacial score (nSPS) is 24.7. The number of hydrogen-bond acceptors (Lipinski definition) is 3. The molecule has 0 saturated carbocycles. The van der Waals surface area contributed by atoms with Crippen LogP contribution in [0.1, 0.15) is 35.2 Å². The standard InChI is InChI=1S/C14H16N2S/c1-2-14(17-9-1)12-3-4-13(16-10-12)11-5-7-15-8-6-11/h1-2,5-9,12-13,16H,3-4,10H2/t12-,13+/m0/s1. The second kappa shape index (κ2) is 4.98. The van der Waals surface area contributed by atoms with E-state index in [9.17, 15) is 0 Å². The van der Waals surface area contributed by atoms with Gasteiger partial charge in [0.25, 0.3) is 0 Å². The number of piperidine rings is 1. The Balaban J connectivity index is 1.65. The maximum absolute atomic E-state index is 4.07. The molecule has 0 radical (unpaired) electrons. The number of thiophene rings is 1. The van der Waals surface area contributed by atoms with Crippen molar-refractivity contribution >= 4 is 11.3 Å². The van der Waals surface area contributed by atoms with Gasteiger partial charge in [-0.25, -0.2) is 0 Å². The van der Waals surface area contributed by atoms with Crippen molar-refractivity contribution in [2.24, 2.45) is 0 Å². The average Bonchev–Trinajstić information content (AvgIpc) is 2.94. The lowest BCUT2D eigenvalue weighted by atomic mass is 9.90. The molecular weight excluding hydrogens is 228 g/mol. The first-order valence-electron chi connectivity index (χ1n) is 6.10. The monoisotopic (exact) mass is 244 g/mol. The van der Waals surface area contributed by atoms with Crippen LogP contribution in [-0.4, -0.2) is 11.5 Å². The fourth-order valence-electron chi connectivity index (χ4n) is 2.50. The smallest absolute Gasteiger partial charge is 0.0321 e. The molecule has 2 aromatic rings. The number of nitrogens with one attached hydrogen (secondary N) is 1. The van der Waals surface area contributed by atoms with Crippen molar-refractivity contribution < 1.29 is 0 Å². The molecule has 3 rings (SSSR count). The largest absolute Gasteiger partial charge is 0.309 e. The molecule has 0 aliphatic carbocycles.